The van der Waals surface area contributed by atoms with Crippen molar-refractivity contribution in [1.29, 1.82) is 0 Å². The van der Waals surface area contributed by atoms with E-state index in [4.69, 9.17) is 4.74 Å². The van der Waals surface area contributed by atoms with Crippen LogP contribution in [0.4, 0.5) is 0 Å². The van der Waals surface area contributed by atoms with Crippen LogP contribution in [-0.2, 0) is 9.53 Å². The number of carbonyl (C=O) groups excluding carboxylic acids is 1. The lowest BCUT2D eigenvalue weighted by molar-refractivity contribution is -0.134. The molecular weight excluding hydrogens is 180 g/mol. The third-order valence-electron chi connectivity index (χ3n) is 3.03. The number of hydrogen-bond acceptors (Lipinski definition) is 3. The van der Waals surface area contributed by atoms with Gasteiger partial charge in [0.25, 0.3) is 0 Å². The van der Waals surface area contributed by atoms with Crippen LogP contribution >= 0.6 is 0 Å². The smallest absolute Gasteiger partial charge is 0.239 e. The molecule has 2 atom stereocenters. The molecule has 2 aliphatic rings. The summed E-state index contributed by atoms with van der Waals surface area (Å²) in [5, 5.41) is 3.22. The fourth-order valence-corrected chi connectivity index (χ4v) is 2.14. The Hall–Kier alpha value is -0.610. The van der Waals surface area contributed by atoms with E-state index >= 15 is 0 Å². The Balaban J connectivity index is 2.03. The van der Waals surface area contributed by atoms with E-state index in [9.17, 15) is 4.79 Å². The van der Waals surface area contributed by atoms with Crippen molar-refractivity contribution in [2.45, 2.75) is 31.8 Å². The lowest BCUT2D eigenvalue weighted by atomic mass is 10.2. The lowest BCUT2D eigenvalue weighted by Crippen LogP contribution is -2.47. The van der Waals surface area contributed by atoms with Gasteiger partial charge in [-0.2, -0.15) is 0 Å². The third kappa shape index (κ3) is 1.91. The molecule has 2 fully saturated rings. The van der Waals surface area contributed by atoms with Gasteiger partial charge in [-0.25, -0.2) is 0 Å². The van der Waals surface area contributed by atoms with Crippen molar-refractivity contribution in [3.05, 3.63) is 0 Å². The van der Waals surface area contributed by atoms with Crippen LogP contribution < -0.4 is 5.32 Å². The minimum Gasteiger partial charge on any atom is -0.379 e. The molecule has 2 aliphatic heterocycles. The highest BCUT2D eigenvalue weighted by molar-refractivity contribution is 5.82. The SMILES string of the molecule is CC1NCCCN(C2CCOC2)C1=O. The summed E-state index contributed by atoms with van der Waals surface area (Å²) in [5.74, 6) is 0.234. The monoisotopic (exact) mass is 198 g/mol. The second-order valence-electron chi connectivity index (χ2n) is 4.08. The van der Waals surface area contributed by atoms with Crippen molar-refractivity contribution in [2.75, 3.05) is 26.3 Å². The quantitative estimate of drug-likeness (QED) is 0.644. The second kappa shape index (κ2) is 4.28. The minimum atomic E-state index is -0.0295. The van der Waals surface area contributed by atoms with E-state index in [0.29, 0.717) is 6.04 Å². The zero-order chi connectivity index (χ0) is 9.97. The minimum absolute atomic E-state index is 0.0295. The summed E-state index contributed by atoms with van der Waals surface area (Å²) in [6, 6.07) is 0.294. The molecule has 14 heavy (non-hydrogen) atoms. The molecule has 0 aromatic rings. The molecular formula is C10H18N2O2. The van der Waals surface area contributed by atoms with Gasteiger partial charge in [0.2, 0.25) is 5.91 Å². The number of nitrogens with one attached hydrogen (secondary N) is 1. The first kappa shape index (κ1) is 9.93. The fraction of sp³-hybridized carbons (Fsp3) is 0.900. The van der Waals surface area contributed by atoms with E-state index in [1.54, 1.807) is 0 Å². The lowest BCUT2D eigenvalue weighted by Gasteiger charge is -2.27. The Morgan fingerprint density at radius 3 is 3.14 bits per heavy atom. The van der Waals surface area contributed by atoms with Crippen molar-refractivity contribution >= 4 is 5.91 Å². The predicted octanol–water partition coefficient (Wildman–Crippen LogP) is -0.0143. The Morgan fingerprint density at radius 1 is 1.57 bits per heavy atom. The van der Waals surface area contributed by atoms with E-state index < -0.39 is 0 Å². The van der Waals surface area contributed by atoms with Crippen molar-refractivity contribution in [2.24, 2.45) is 0 Å². The van der Waals surface area contributed by atoms with E-state index in [1.807, 2.05) is 11.8 Å². The summed E-state index contributed by atoms with van der Waals surface area (Å²) in [4.78, 5) is 13.9. The van der Waals surface area contributed by atoms with E-state index in [2.05, 4.69) is 5.32 Å². The first-order valence-electron chi connectivity index (χ1n) is 5.40. The standard InChI is InChI=1S/C10H18N2O2/c1-8-10(13)12(5-2-4-11-8)9-3-6-14-7-9/h8-9,11H,2-7H2,1H3. The Labute approximate surface area is 84.6 Å². The highest BCUT2D eigenvalue weighted by atomic mass is 16.5. The van der Waals surface area contributed by atoms with Crippen LogP contribution in [0.5, 0.6) is 0 Å². The van der Waals surface area contributed by atoms with Crippen LogP contribution in [0.25, 0.3) is 0 Å². The molecule has 0 spiro atoms. The van der Waals surface area contributed by atoms with Crippen LogP contribution in [0.1, 0.15) is 19.8 Å². The molecule has 1 N–H and O–H groups in total. The molecule has 4 nitrogen and oxygen atoms in total. The molecule has 80 valence electrons. The van der Waals surface area contributed by atoms with E-state index in [0.717, 1.165) is 39.1 Å². The van der Waals surface area contributed by atoms with Gasteiger partial charge in [0, 0.05) is 13.2 Å². The summed E-state index contributed by atoms with van der Waals surface area (Å²) in [6.07, 6.45) is 2.05. The van der Waals surface area contributed by atoms with Crippen LogP contribution in [0.3, 0.4) is 0 Å². The molecule has 0 aliphatic carbocycles. The summed E-state index contributed by atoms with van der Waals surface area (Å²) in [7, 11) is 0. The van der Waals surface area contributed by atoms with Gasteiger partial charge < -0.3 is 15.0 Å². The van der Waals surface area contributed by atoms with Crippen LogP contribution in [0, 0.1) is 0 Å². The van der Waals surface area contributed by atoms with Crippen LogP contribution in [-0.4, -0.2) is 49.2 Å². The highest BCUT2D eigenvalue weighted by Gasteiger charge is 2.30. The summed E-state index contributed by atoms with van der Waals surface area (Å²) in [5.41, 5.74) is 0. The molecule has 2 unspecified atom stereocenters. The van der Waals surface area contributed by atoms with Crippen molar-refractivity contribution < 1.29 is 9.53 Å². The molecule has 2 heterocycles. The largest absolute Gasteiger partial charge is 0.379 e. The molecule has 0 bridgehead atoms. The molecule has 1 amide bonds. The molecule has 4 heteroatoms. The van der Waals surface area contributed by atoms with Gasteiger partial charge in [-0.05, 0) is 26.3 Å². The van der Waals surface area contributed by atoms with Gasteiger partial charge in [0.05, 0.1) is 18.7 Å². The Morgan fingerprint density at radius 2 is 2.43 bits per heavy atom. The first-order valence-corrected chi connectivity index (χ1v) is 5.40. The van der Waals surface area contributed by atoms with Crippen molar-refractivity contribution in [3.63, 3.8) is 0 Å². The van der Waals surface area contributed by atoms with E-state index in [1.165, 1.54) is 0 Å². The molecule has 0 aromatic heterocycles. The highest BCUT2D eigenvalue weighted by Crippen LogP contribution is 2.15. The Kier molecular flexibility index (Phi) is 3.03. The maximum Gasteiger partial charge on any atom is 0.239 e. The van der Waals surface area contributed by atoms with Crippen molar-refractivity contribution in [1.82, 2.24) is 10.2 Å². The van der Waals surface area contributed by atoms with Crippen molar-refractivity contribution in [3.8, 4) is 0 Å². The Bertz CT molecular complexity index is 214. The normalized spacial score (nSPS) is 34.6. The summed E-state index contributed by atoms with van der Waals surface area (Å²) < 4.78 is 5.32. The summed E-state index contributed by atoms with van der Waals surface area (Å²) >= 11 is 0. The van der Waals surface area contributed by atoms with Gasteiger partial charge in [0.1, 0.15) is 0 Å². The van der Waals surface area contributed by atoms with Gasteiger partial charge in [0.15, 0.2) is 0 Å². The topological polar surface area (TPSA) is 41.6 Å². The number of amides is 1. The zero-order valence-corrected chi connectivity index (χ0v) is 8.66. The molecule has 0 aromatic carbocycles. The molecule has 2 saturated heterocycles. The fourth-order valence-electron chi connectivity index (χ4n) is 2.14. The third-order valence-corrected chi connectivity index (χ3v) is 3.03. The number of rotatable bonds is 1. The maximum absolute atomic E-state index is 11.9. The van der Waals surface area contributed by atoms with Gasteiger partial charge in [-0.1, -0.05) is 0 Å². The molecule has 0 radical (unpaired) electrons. The number of carbonyl (C=O) groups is 1. The maximum atomic E-state index is 11.9. The van der Waals surface area contributed by atoms with Gasteiger partial charge in [-0.15, -0.1) is 0 Å². The average Bonchev–Trinajstić information content (AvgIpc) is 2.64. The van der Waals surface area contributed by atoms with Crippen LogP contribution in [0.2, 0.25) is 0 Å². The number of hydrogen-bond donors (Lipinski definition) is 1. The summed E-state index contributed by atoms with van der Waals surface area (Å²) in [6.45, 7) is 5.28. The van der Waals surface area contributed by atoms with Gasteiger partial charge in [-0.3, -0.25) is 4.79 Å². The molecule has 0 saturated carbocycles. The average molecular weight is 198 g/mol. The van der Waals surface area contributed by atoms with Crippen LogP contribution in [0.15, 0.2) is 0 Å². The predicted molar refractivity (Wildman–Crippen MR) is 53.0 cm³/mol. The molecule has 2 rings (SSSR count). The van der Waals surface area contributed by atoms with E-state index in [-0.39, 0.29) is 11.9 Å². The first-order chi connectivity index (χ1) is 6.79. The second-order valence-corrected chi connectivity index (χ2v) is 4.08. The zero-order valence-electron chi connectivity index (χ0n) is 8.66. The number of nitrogens with zero attached hydrogens (tertiary/aromatic N) is 1. The van der Waals surface area contributed by atoms with Gasteiger partial charge >= 0.3 is 0 Å². The number of ether oxygens (including phenoxy) is 1.